The Morgan fingerprint density at radius 1 is 1.10 bits per heavy atom. The van der Waals surface area contributed by atoms with Crippen molar-refractivity contribution in [3.63, 3.8) is 0 Å². The van der Waals surface area contributed by atoms with Gasteiger partial charge in [-0.25, -0.2) is 0 Å². The van der Waals surface area contributed by atoms with E-state index >= 15 is 0 Å². The first-order valence-corrected chi connectivity index (χ1v) is 2.47. The van der Waals surface area contributed by atoms with Crippen molar-refractivity contribution in [2.75, 3.05) is 0 Å². The summed E-state index contributed by atoms with van der Waals surface area (Å²) in [5, 5.41) is 0. The van der Waals surface area contributed by atoms with E-state index in [1.807, 2.05) is 0 Å². The van der Waals surface area contributed by atoms with Crippen molar-refractivity contribution in [3.8, 4) is 0 Å². The van der Waals surface area contributed by atoms with Gasteiger partial charge < -0.3 is 14.4 Å². The largest absolute Gasteiger partial charge is 0.358 e. The maximum atomic E-state index is 3.84. The van der Waals surface area contributed by atoms with Crippen LogP contribution in [0.3, 0.4) is 0 Å². The minimum Gasteiger partial charge on any atom is -0.358 e. The van der Waals surface area contributed by atoms with Gasteiger partial charge in [-0.3, -0.25) is 0 Å². The molecule has 0 N–H and O–H groups in total. The number of rotatable bonds is 1. The summed E-state index contributed by atoms with van der Waals surface area (Å²) in [6.07, 6.45) is 0. The Bertz CT molecular complexity index is 30.2. The molecule has 0 saturated carbocycles. The van der Waals surface area contributed by atoms with E-state index < -0.39 is 0 Å². The molecule has 0 nitrogen and oxygen atoms in total. The van der Waals surface area contributed by atoms with Crippen LogP contribution in [-0.2, 0) is 18.6 Å². The van der Waals surface area contributed by atoms with Crippen molar-refractivity contribution in [3.05, 3.63) is 14.4 Å². The fourth-order valence-electron chi connectivity index (χ4n) is 0. The van der Waals surface area contributed by atoms with Gasteiger partial charge in [0.2, 0.25) is 0 Å². The summed E-state index contributed by atoms with van der Waals surface area (Å²) in [5.41, 5.74) is 0. The van der Waals surface area contributed by atoms with Crippen molar-refractivity contribution < 1.29 is 49.7 Å². The Morgan fingerprint density at radius 3 is 1.20 bits per heavy atom. The quantitative estimate of drug-likeness (QED) is 0.588. The third-order valence-electron chi connectivity index (χ3n) is 1.14. The van der Waals surface area contributed by atoms with Crippen LogP contribution in [-0.4, -0.2) is 0 Å². The van der Waals surface area contributed by atoms with Gasteiger partial charge in [0.05, 0.1) is 0 Å². The zero-order chi connectivity index (χ0) is 5.15. The van der Waals surface area contributed by atoms with E-state index in [1.54, 1.807) is 0 Å². The molecule has 0 aromatic rings. The molecule has 0 aromatic carbocycles. The SMILES string of the molecule is C.[CH2-]C(C)C(C)C.[CH3-].[U].[V]. The second-order valence-electron chi connectivity index (χ2n) is 2.22. The van der Waals surface area contributed by atoms with Gasteiger partial charge in [0.25, 0.3) is 0 Å². The van der Waals surface area contributed by atoms with Crippen molar-refractivity contribution in [1.29, 1.82) is 0 Å². The zero-order valence-electron chi connectivity index (χ0n) is 6.81. The third kappa shape index (κ3) is 22.6. The van der Waals surface area contributed by atoms with Crippen LogP contribution in [0.1, 0.15) is 28.2 Å². The average Bonchev–Trinajstić information content (AvgIpc) is 1.36. The van der Waals surface area contributed by atoms with Crippen LogP contribution in [0.15, 0.2) is 0 Å². The minimum atomic E-state index is 0. The molecular formula is C8H20UV-2. The first-order chi connectivity index (χ1) is 2.64. The van der Waals surface area contributed by atoms with Gasteiger partial charge >= 0.3 is 0 Å². The standard InChI is InChI=1S/C6H13.CH4.CH3.U.V/c1-5(2)6(3)4;;;;/h5-6H,1H2,2-4H3;1H4;1H3;;/q-1;;-1;;. The molecule has 0 rings (SSSR count). The number of hydrogen-bond acceptors (Lipinski definition) is 0. The molecule has 10 heavy (non-hydrogen) atoms. The van der Waals surface area contributed by atoms with Gasteiger partial charge in [-0.1, -0.05) is 34.1 Å². The van der Waals surface area contributed by atoms with E-state index in [9.17, 15) is 0 Å². The van der Waals surface area contributed by atoms with Crippen LogP contribution < -0.4 is 0 Å². The van der Waals surface area contributed by atoms with Crippen LogP contribution >= 0.6 is 0 Å². The molecule has 1 atom stereocenters. The van der Waals surface area contributed by atoms with Crippen LogP contribution in [0.25, 0.3) is 0 Å². The maximum absolute atomic E-state index is 3.84. The van der Waals surface area contributed by atoms with Crippen LogP contribution in [0.5, 0.6) is 0 Å². The van der Waals surface area contributed by atoms with Crippen molar-refractivity contribution in [1.82, 2.24) is 0 Å². The Hall–Kier alpha value is 1.64. The Labute approximate surface area is 103 Å². The molecule has 63 valence electrons. The summed E-state index contributed by atoms with van der Waals surface area (Å²) in [4.78, 5) is 0. The first kappa shape index (κ1) is 29.9. The molecular weight excluding hydrogens is 385 g/mol. The van der Waals surface area contributed by atoms with E-state index in [2.05, 4.69) is 27.7 Å². The predicted molar refractivity (Wildman–Crippen MR) is 42.5 cm³/mol. The van der Waals surface area contributed by atoms with E-state index in [0.29, 0.717) is 5.92 Å². The topological polar surface area (TPSA) is 0 Å². The summed E-state index contributed by atoms with van der Waals surface area (Å²) in [7, 11) is 0. The third-order valence-corrected chi connectivity index (χ3v) is 1.14. The maximum Gasteiger partial charge on any atom is 0 e. The summed E-state index contributed by atoms with van der Waals surface area (Å²) < 4.78 is 0. The minimum absolute atomic E-state index is 0. The smallest absolute Gasteiger partial charge is 0 e. The molecule has 0 spiro atoms. The molecule has 0 amide bonds. The second-order valence-corrected chi connectivity index (χ2v) is 2.22. The van der Waals surface area contributed by atoms with Gasteiger partial charge in [-0.2, -0.15) is 5.92 Å². The summed E-state index contributed by atoms with van der Waals surface area (Å²) in [5.74, 6) is 1.34. The van der Waals surface area contributed by atoms with Gasteiger partial charge in [-0.05, 0) is 0 Å². The molecule has 0 aliphatic carbocycles. The number of hydrogen-bond donors (Lipinski definition) is 0. The van der Waals surface area contributed by atoms with Crippen molar-refractivity contribution in [2.45, 2.75) is 28.2 Å². The molecule has 0 fully saturated rings. The van der Waals surface area contributed by atoms with Crippen LogP contribution in [0.4, 0.5) is 0 Å². The molecule has 0 heterocycles. The zero-order valence-corrected chi connectivity index (χ0v) is 12.4. The fraction of sp³-hybridized carbons (Fsp3) is 0.750. The Kier molecular flexibility index (Phi) is 50.6. The normalized spacial score (nSPS) is 9.30. The molecule has 0 bridgehead atoms. The molecule has 1 unspecified atom stereocenters. The molecule has 2 heteroatoms. The summed E-state index contributed by atoms with van der Waals surface area (Å²) in [6, 6.07) is 0. The van der Waals surface area contributed by atoms with Crippen molar-refractivity contribution in [2.24, 2.45) is 11.8 Å². The van der Waals surface area contributed by atoms with Crippen molar-refractivity contribution >= 4 is 0 Å². The van der Waals surface area contributed by atoms with Gasteiger partial charge in [0.1, 0.15) is 0 Å². The summed E-state index contributed by atoms with van der Waals surface area (Å²) in [6.45, 7) is 10.3. The monoisotopic (exact) mass is 405 g/mol. The molecule has 0 aliphatic heterocycles. The van der Waals surface area contributed by atoms with E-state index in [1.165, 1.54) is 0 Å². The predicted octanol–water partition coefficient (Wildman–Crippen LogP) is 3.20. The van der Waals surface area contributed by atoms with Gasteiger partial charge in [-0.15, -0.1) is 0 Å². The molecule has 0 aliphatic rings. The van der Waals surface area contributed by atoms with Gasteiger partial charge in [0, 0.05) is 49.7 Å². The van der Waals surface area contributed by atoms with E-state index in [0.717, 1.165) is 5.92 Å². The summed E-state index contributed by atoms with van der Waals surface area (Å²) >= 11 is 0. The Morgan fingerprint density at radius 2 is 1.20 bits per heavy atom. The first-order valence-electron chi connectivity index (χ1n) is 2.47. The van der Waals surface area contributed by atoms with E-state index in [4.69, 9.17) is 0 Å². The molecule has 0 saturated heterocycles. The van der Waals surface area contributed by atoms with Gasteiger partial charge in [0.15, 0.2) is 0 Å². The second kappa shape index (κ2) is 16.9. The van der Waals surface area contributed by atoms with Crippen LogP contribution in [0.2, 0.25) is 0 Å². The molecule has 1 radical (unpaired) electrons. The van der Waals surface area contributed by atoms with E-state index in [-0.39, 0.29) is 64.5 Å². The molecule has 0 aromatic heterocycles. The van der Waals surface area contributed by atoms with Crippen LogP contribution in [0, 0.1) is 57.3 Å². The Balaban J connectivity index is -0.0000000208. The fourth-order valence-corrected chi connectivity index (χ4v) is 0. The average molecular weight is 405 g/mol.